The molecule has 0 fully saturated rings. The highest BCUT2D eigenvalue weighted by atomic mass is 19.1. The van der Waals surface area contributed by atoms with Crippen LogP contribution in [0.1, 0.15) is 11.1 Å². The molecule has 2 aromatic rings. The van der Waals surface area contributed by atoms with E-state index in [9.17, 15) is 8.78 Å². The summed E-state index contributed by atoms with van der Waals surface area (Å²) in [5, 5.41) is 0. The molecule has 2 nitrogen and oxygen atoms in total. The third kappa shape index (κ3) is 3.51. The van der Waals surface area contributed by atoms with Gasteiger partial charge in [0.15, 0.2) is 11.6 Å². The second-order valence-electron chi connectivity index (χ2n) is 4.18. The molecule has 0 heterocycles. The summed E-state index contributed by atoms with van der Waals surface area (Å²) in [5.74, 6) is -0.496. The minimum absolute atomic E-state index is 0.193. The number of benzene rings is 2. The highest BCUT2D eigenvalue weighted by molar-refractivity contribution is 5.35. The number of para-hydroxylation sites is 1. The minimum Gasteiger partial charge on any atom is -0.486 e. The molecule has 2 rings (SSSR count). The molecule has 2 aromatic carbocycles. The van der Waals surface area contributed by atoms with Gasteiger partial charge in [0.05, 0.1) is 0 Å². The molecular weight excluding hydrogens is 248 g/mol. The van der Waals surface area contributed by atoms with Gasteiger partial charge in [-0.3, -0.25) is 0 Å². The van der Waals surface area contributed by atoms with Crippen LogP contribution in [-0.4, -0.2) is 6.54 Å². The Hall–Kier alpha value is -1.94. The van der Waals surface area contributed by atoms with Crippen LogP contribution in [0.3, 0.4) is 0 Å². The zero-order valence-corrected chi connectivity index (χ0v) is 10.4. The van der Waals surface area contributed by atoms with E-state index in [1.165, 1.54) is 18.2 Å². The van der Waals surface area contributed by atoms with E-state index in [1.54, 1.807) is 24.3 Å². The summed E-state index contributed by atoms with van der Waals surface area (Å²) < 4.78 is 32.0. The molecular formula is C15H15F2NO. The van der Waals surface area contributed by atoms with Crippen molar-refractivity contribution in [1.82, 2.24) is 0 Å². The second-order valence-corrected chi connectivity index (χ2v) is 4.18. The molecule has 0 amide bonds. The Balaban J connectivity index is 2.12. The van der Waals surface area contributed by atoms with Gasteiger partial charge in [0.2, 0.25) is 0 Å². The van der Waals surface area contributed by atoms with Crippen molar-refractivity contribution in [1.29, 1.82) is 0 Å². The average molecular weight is 263 g/mol. The Kier molecular flexibility index (Phi) is 4.47. The molecule has 100 valence electrons. The first-order valence-corrected chi connectivity index (χ1v) is 6.05. The molecule has 0 aliphatic carbocycles. The van der Waals surface area contributed by atoms with Gasteiger partial charge in [-0.1, -0.05) is 24.3 Å². The van der Waals surface area contributed by atoms with Crippen molar-refractivity contribution in [3.8, 4) is 5.75 Å². The quantitative estimate of drug-likeness (QED) is 0.899. The van der Waals surface area contributed by atoms with Crippen LogP contribution >= 0.6 is 0 Å². The number of nitrogens with two attached hydrogens (primary N) is 1. The van der Waals surface area contributed by atoms with Gasteiger partial charge >= 0.3 is 0 Å². The lowest BCUT2D eigenvalue weighted by atomic mass is 10.1. The van der Waals surface area contributed by atoms with E-state index < -0.39 is 5.82 Å². The lowest BCUT2D eigenvalue weighted by Crippen LogP contribution is -2.06. The fourth-order valence-corrected chi connectivity index (χ4v) is 1.80. The number of ether oxygens (including phenoxy) is 1. The molecule has 0 aliphatic rings. The van der Waals surface area contributed by atoms with Crippen LogP contribution in [0.4, 0.5) is 8.78 Å². The van der Waals surface area contributed by atoms with Crippen LogP contribution in [0, 0.1) is 11.6 Å². The summed E-state index contributed by atoms with van der Waals surface area (Å²) in [6.45, 7) is 0.620. The van der Waals surface area contributed by atoms with Crippen molar-refractivity contribution in [2.75, 3.05) is 6.54 Å². The van der Waals surface area contributed by atoms with Crippen molar-refractivity contribution in [2.24, 2.45) is 5.73 Å². The first kappa shape index (κ1) is 13.5. The van der Waals surface area contributed by atoms with E-state index in [2.05, 4.69) is 0 Å². The molecule has 0 saturated heterocycles. The fraction of sp³-hybridized carbons (Fsp3) is 0.200. The van der Waals surface area contributed by atoms with Crippen LogP contribution in [0.2, 0.25) is 0 Å². The normalized spacial score (nSPS) is 10.5. The molecule has 0 unspecified atom stereocenters. The van der Waals surface area contributed by atoms with Gasteiger partial charge in [0, 0.05) is 0 Å². The number of rotatable bonds is 5. The molecule has 19 heavy (non-hydrogen) atoms. The Morgan fingerprint density at radius 1 is 1.00 bits per heavy atom. The third-order valence-electron chi connectivity index (χ3n) is 2.76. The van der Waals surface area contributed by atoms with Gasteiger partial charge in [-0.05, 0) is 42.3 Å². The Bertz CT molecular complexity index is 540. The van der Waals surface area contributed by atoms with Crippen LogP contribution < -0.4 is 10.5 Å². The summed E-state index contributed by atoms with van der Waals surface area (Å²) in [6.07, 6.45) is 0.552. The molecule has 0 aromatic heterocycles. The van der Waals surface area contributed by atoms with Crippen molar-refractivity contribution in [3.63, 3.8) is 0 Å². The monoisotopic (exact) mass is 263 g/mol. The van der Waals surface area contributed by atoms with E-state index in [1.807, 2.05) is 0 Å². The number of hydrogen-bond acceptors (Lipinski definition) is 2. The van der Waals surface area contributed by atoms with Crippen molar-refractivity contribution in [3.05, 3.63) is 65.2 Å². The zero-order chi connectivity index (χ0) is 13.7. The molecule has 0 saturated carbocycles. The highest BCUT2D eigenvalue weighted by Crippen LogP contribution is 2.24. The first-order valence-electron chi connectivity index (χ1n) is 6.05. The number of hydrogen-bond donors (Lipinski definition) is 1. The standard InChI is InChI=1S/C15H15F2NO/c16-13-6-4-11(5-7-13)10-19-15-12(8-9-18)2-1-3-14(15)17/h1-7H,8-10,18H2. The second kappa shape index (κ2) is 6.29. The third-order valence-corrected chi connectivity index (χ3v) is 2.76. The maximum absolute atomic E-state index is 13.7. The predicted molar refractivity (Wildman–Crippen MR) is 69.9 cm³/mol. The van der Waals surface area contributed by atoms with Gasteiger partial charge in [0.25, 0.3) is 0 Å². The molecule has 0 radical (unpaired) electrons. The van der Waals surface area contributed by atoms with Gasteiger partial charge in [0.1, 0.15) is 12.4 Å². The van der Waals surface area contributed by atoms with Crippen LogP contribution in [-0.2, 0) is 13.0 Å². The molecule has 2 N–H and O–H groups in total. The lowest BCUT2D eigenvalue weighted by molar-refractivity contribution is 0.287. The first-order chi connectivity index (χ1) is 9.20. The molecule has 0 aliphatic heterocycles. The van der Waals surface area contributed by atoms with Gasteiger partial charge < -0.3 is 10.5 Å². The van der Waals surface area contributed by atoms with Gasteiger partial charge in [-0.15, -0.1) is 0 Å². The average Bonchev–Trinajstić information content (AvgIpc) is 2.40. The van der Waals surface area contributed by atoms with Crippen LogP contribution in [0.5, 0.6) is 5.75 Å². The van der Waals surface area contributed by atoms with Gasteiger partial charge in [-0.25, -0.2) is 8.78 Å². The van der Waals surface area contributed by atoms with Crippen molar-refractivity contribution < 1.29 is 13.5 Å². The van der Waals surface area contributed by atoms with Crippen molar-refractivity contribution in [2.45, 2.75) is 13.0 Å². The summed E-state index contributed by atoms with van der Waals surface area (Å²) in [4.78, 5) is 0. The van der Waals surface area contributed by atoms with E-state index in [4.69, 9.17) is 10.5 Å². The summed E-state index contributed by atoms with van der Waals surface area (Å²) in [5.41, 5.74) is 7.01. The molecule has 0 bridgehead atoms. The maximum atomic E-state index is 13.7. The Morgan fingerprint density at radius 2 is 1.74 bits per heavy atom. The summed E-state index contributed by atoms with van der Waals surface area (Å²) in [7, 11) is 0. The Morgan fingerprint density at radius 3 is 2.42 bits per heavy atom. The molecule has 0 atom stereocenters. The van der Waals surface area contributed by atoms with Crippen LogP contribution in [0.25, 0.3) is 0 Å². The minimum atomic E-state index is -0.409. The molecule has 4 heteroatoms. The van der Waals surface area contributed by atoms with E-state index in [0.29, 0.717) is 13.0 Å². The SMILES string of the molecule is NCCc1cccc(F)c1OCc1ccc(F)cc1. The smallest absolute Gasteiger partial charge is 0.165 e. The summed E-state index contributed by atoms with van der Waals surface area (Å²) >= 11 is 0. The van der Waals surface area contributed by atoms with Gasteiger partial charge in [-0.2, -0.15) is 0 Å². The fourth-order valence-electron chi connectivity index (χ4n) is 1.80. The maximum Gasteiger partial charge on any atom is 0.165 e. The van der Waals surface area contributed by atoms with E-state index in [0.717, 1.165) is 11.1 Å². The predicted octanol–water partition coefficient (Wildman–Crippen LogP) is 3.05. The largest absolute Gasteiger partial charge is 0.486 e. The van der Waals surface area contributed by atoms with E-state index >= 15 is 0 Å². The van der Waals surface area contributed by atoms with Crippen LogP contribution in [0.15, 0.2) is 42.5 Å². The highest BCUT2D eigenvalue weighted by Gasteiger charge is 2.09. The summed E-state index contributed by atoms with van der Waals surface area (Å²) in [6, 6.07) is 10.7. The number of halogens is 2. The Labute approximate surface area is 110 Å². The lowest BCUT2D eigenvalue weighted by Gasteiger charge is -2.12. The zero-order valence-electron chi connectivity index (χ0n) is 10.4. The molecule has 0 spiro atoms. The van der Waals surface area contributed by atoms with Crippen molar-refractivity contribution >= 4 is 0 Å². The van der Waals surface area contributed by atoms with E-state index in [-0.39, 0.29) is 18.2 Å². The topological polar surface area (TPSA) is 35.2 Å².